The molecule has 0 aliphatic rings. The van der Waals surface area contributed by atoms with Crippen LogP contribution in [0.5, 0.6) is 0 Å². The van der Waals surface area contributed by atoms with Crippen molar-refractivity contribution in [2.75, 3.05) is 0 Å². The van der Waals surface area contributed by atoms with E-state index in [4.69, 9.17) is 0 Å². The van der Waals surface area contributed by atoms with Gasteiger partial charge in [-0.15, -0.1) is 0 Å². The molecule has 0 amide bonds. The Hall–Kier alpha value is -1.12. The standard InChI is InChI=1S/C17H20BrN/c1-12-8-9-13(2)15(10-12)11-19-14(3)16-6-4-5-7-17(16)18/h4-10,14,19H,11H2,1-3H3. The van der Waals surface area contributed by atoms with Crippen LogP contribution in [-0.4, -0.2) is 0 Å². The number of hydrogen-bond donors (Lipinski definition) is 1. The summed E-state index contributed by atoms with van der Waals surface area (Å²) in [5, 5.41) is 3.59. The van der Waals surface area contributed by atoms with Crippen LogP contribution >= 0.6 is 15.9 Å². The highest BCUT2D eigenvalue weighted by Crippen LogP contribution is 2.23. The van der Waals surface area contributed by atoms with Gasteiger partial charge in [-0.05, 0) is 43.5 Å². The summed E-state index contributed by atoms with van der Waals surface area (Å²) in [7, 11) is 0. The van der Waals surface area contributed by atoms with E-state index in [1.807, 2.05) is 6.07 Å². The van der Waals surface area contributed by atoms with Crippen molar-refractivity contribution in [1.29, 1.82) is 0 Å². The van der Waals surface area contributed by atoms with Crippen molar-refractivity contribution in [3.63, 3.8) is 0 Å². The lowest BCUT2D eigenvalue weighted by Crippen LogP contribution is -2.19. The second-order valence-corrected chi connectivity index (χ2v) is 5.91. The minimum Gasteiger partial charge on any atom is -0.306 e. The van der Waals surface area contributed by atoms with Crippen molar-refractivity contribution < 1.29 is 0 Å². The lowest BCUT2D eigenvalue weighted by Gasteiger charge is -2.17. The number of nitrogens with one attached hydrogen (secondary N) is 1. The second-order valence-electron chi connectivity index (χ2n) is 5.05. The zero-order valence-electron chi connectivity index (χ0n) is 11.7. The van der Waals surface area contributed by atoms with E-state index in [1.165, 1.54) is 22.3 Å². The smallest absolute Gasteiger partial charge is 0.0306 e. The summed E-state index contributed by atoms with van der Waals surface area (Å²) < 4.78 is 1.16. The molecule has 0 bridgehead atoms. The number of benzene rings is 2. The van der Waals surface area contributed by atoms with Crippen LogP contribution in [0, 0.1) is 13.8 Å². The van der Waals surface area contributed by atoms with Crippen LogP contribution in [0.3, 0.4) is 0 Å². The molecule has 0 aliphatic heterocycles. The lowest BCUT2D eigenvalue weighted by molar-refractivity contribution is 0.571. The first-order chi connectivity index (χ1) is 9.08. The van der Waals surface area contributed by atoms with Gasteiger partial charge in [-0.2, -0.15) is 0 Å². The largest absolute Gasteiger partial charge is 0.306 e. The zero-order valence-corrected chi connectivity index (χ0v) is 13.3. The van der Waals surface area contributed by atoms with Crippen molar-refractivity contribution in [1.82, 2.24) is 5.32 Å². The molecule has 100 valence electrons. The zero-order chi connectivity index (χ0) is 13.8. The summed E-state index contributed by atoms with van der Waals surface area (Å²) in [6, 6.07) is 15.3. The molecule has 19 heavy (non-hydrogen) atoms. The summed E-state index contributed by atoms with van der Waals surface area (Å²) in [6.07, 6.45) is 0. The quantitative estimate of drug-likeness (QED) is 0.844. The Kier molecular flexibility index (Phi) is 4.78. The van der Waals surface area contributed by atoms with Crippen molar-refractivity contribution in [2.45, 2.75) is 33.4 Å². The maximum atomic E-state index is 3.61. The summed E-state index contributed by atoms with van der Waals surface area (Å²) in [5.74, 6) is 0. The van der Waals surface area contributed by atoms with Gasteiger partial charge in [-0.3, -0.25) is 0 Å². The fraction of sp³-hybridized carbons (Fsp3) is 0.294. The Morgan fingerprint density at radius 3 is 2.58 bits per heavy atom. The monoisotopic (exact) mass is 317 g/mol. The molecule has 2 aromatic carbocycles. The van der Waals surface area contributed by atoms with Gasteiger partial charge >= 0.3 is 0 Å². The van der Waals surface area contributed by atoms with Crippen LogP contribution in [0.4, 0.5) is 0 Å². The molecule has 2 rings (SSSR count). The number of hydrogen-bond acceptors (Lipinski definition) is 1. The van der Waals surface area contributed by atoms with Crippen LogP contribution in [0.25, 0.3) is 0 Å². The van der Waals surface area contributed by atoms with Crippen LogP contribution < -0.4 is 5.32 Å². The maximum Gasteiger partial charge on any atom is 0.0306 e. The molecular weight excluding hydrogens is 298 g/mol. The minimum absolute atomic E-state index is 0.329. The van der Waals surface area contributed by atoms with Gasteiger partial charge in [-0.25, -0.2) is 0 Å². The minimum atomic E-state index is 0.329. The molecule has 0 heterocycles. The molecule has 1 atom stereocenters. The van der Waals surface area contributed by atoms with E-state index in [2.05, 4.69) is 78.4 Å². The average molecular weight is 318 g/mol. The molecule has 0 aliphatic carbocycles. The predicted octanol–water partition coefficient (Wildman–Crippen LogP) is 4.92. The third kappa shape index (κ3) is 3.68. The van der Waals surface area contributed by atoms with Crippen LogP contribution in [-0.2, 0) is 6.54 Å². The van der Waals surface area contributed by atoms with Crippen molar-refractivity contribution >= 4 is 15.9 Å². The van der Waals surface area contributed by atoms with Crippen molar-refractivity contribution in [3.05, 3.63) is 69.2 Å². The van der Waals surface area contributed by atoms with E-state index in [0.29, 0.717) is 6.04 Å². The number of aryl methyl sites for hydroxylation is 2. The maximum absolute atomic E-state index is 3.61. The van der Waals surface area contributed by atoms with E-state index in [0.717, 1.165) is 11.0 Å². The van der Waals surface area contributed by atoms with Gasteiger partial charge in [0.1, 0.15) is 0 Å². The molecular formula is C17H20BrN. The summed E-state index contributed by atoms with van der Waals surface area (Å²) in [4.78, 5) is 0. The Balaban J connectivity index is 2.06. The van der Waals surface area contributed by atoms with Gasteiger partial charge in [0.05, 0.1) is 0 Å². The predicted molar refractivity (Wildman–Crippen MR) is 85.3 cm³/mol. The molecule has 0 fully saturated rings. The normalized spacial score (nSPS) is 12.4. The van der Waals surface area contributed by atoms with E-state index in [-0.39, 0.29) is 0 Å². The molecule has 0 spiro atoms. The molecule has 0 radical (unpaired) electrons. The van der Waals surface area contributed by atoms with Gasteiger partial charge < -0.3 is 5.32 Å². The molecule has 1 unspecified atom stereocenters. The Morgan fingerprint density at radius 2 is 1.84 bits per heavy atom. The third-order valence-electron chi connectivity index (χ3n) is 3.48. The van der Waals surface area contributed by atoms with Crippen LogP contribution in [0.15, 0.2) is 46.9 Å². The Labute approximate surface area is 124 Å². The molecule has 0 saturated carbocycles. The van der Waals surface area contributed by atoms with Crippen LogP contribution in [0.2, 0.25) is 0 Å². The Bertz CT molecular complexity index is 563. The van der Waals surface area contributed by atoms with E-state index in [1.54, 1.807) is 0 Å². The average Bonchev–Trinajstić information content (AvgIpc) is 2.40. The van der Waals surface area contributed by atoms with Crippen LogP contribution in [0.1, 0.15) is 35.2 Å². The molecule has 2 aromatic rings. The van der Waals surface area contributed by atoms with Gasteiger partial charge in [0, 0.05) is 17.1 Å². The fourth-order valence-corrected chi connectivity index (χ4v) is 2.82. The first-order valence-corrected chi connectivity index (χ1v) is 7.41. The highest BCUT2D eigenvalue weighted by Gasteiger charge is 2.08. The molecule has 0 saturated heterocycles. The van der Waals surface area contributed by atoms with Gasteiger partial charge in [0.15, 0.2) is 0 Å². The summed E-state index contributed by atoms with van der Waals surface area (Å²) >= 11 is 3.61. The van der Waals surface area contributed by atoms with Gasteiger partial charge in [-0.1, -0.05) is 57.9 Å². The summed E-state index contributed by atoms with van der Waals surface area (Å²) in [6.45, 7) is 7.40. The SMILES string of the molecule is Cc1ccc(C)c(CNC(C)c2ccccc2Br)c1. The molecule has 1 nitrogen and oxygen atoms in total. The molecule has 1 N–H and O–H groups in total. The first kappa shape index (κ1) is 14.3. The number of rotatable bonds is 4. The molecule has 0 aromatic heterocycles. The van der Waals surface area contributed by atoms with Gasteiger partial charge in [0.25, 0.3) is 0 Å². The second kappa shape index (κ2) is 6.36. The topological polar surface area (TPSA) is 12.0 Å². The highest BCUT2D eigenvalue weighted by molar-refractivity contribution is 9.10. The first-order valence-electron chi connectivity index (χ1n) is 6.62. The van der Waals surface area contributed by atoms with Crippen molar-refractivity contribution in [3.8, 4) is 0 Å². The van der Waals surface area contributed by atoms with E-state index < -0.39 is 0 Å². The fourth-order valence-electron chi connectivity index (χ4n) is 2.19. The lowest BCUT2D eigenvalue weighted by atomic mass is 10.0. The highest BCUT2D eigenvalue weighted by atomic mass is 79.9. The van der Waals surface area contributed by atoms with Crippen molar-refractivity contribution in [2.24, 2.45) is 0 Å². The number of halogens is 1. The summed E-state index contributed by atoms with van der Waals surface area (Å²) in [5.41, 5.74) is 5.33. The third-order valence-corrected chi connectivity index (χ3v) is 4.20. The van der Waals surface area contributed by atoms with E-state index >= 15 is 0 Å². The molecule has 2 heteroatoms. The Morgan fingerprint density at radius 1 is 1.11 bits per heavy atom. The van der Waals surface area contributed by atoms with Gasteiger partial charge in [0.2, 0.25) is 0 Å². The van der Waals surface area contributed by atoms with E-state index in [9.17, 15) is 0 Å².